The summed E-state index contributed by atoms with van der Waals surface area (Å²) in [6.45, 7) is 14.9. The van der Waals surface area contributed by atoms with Crippen molar-refractivity contribution in [2.75, 3.05) is 0 Å². The van der Waals surface area contributed by atoms with Crippen LogP contribution < -0.4 is 0 Å². The van der Waals surface area contributed by atoms with Gasteiger partial charge in [-0.2, -0.15) is 0 Å². The average Bonchev–Trinajstić information content (AvgIpc) is 3.70. The second-order valence-corrected chi connectivity index (χ2v) is 21.1. The molecule has 67 heavy (non-hydrogen) atoms. The number of benzene rings is 12. The van der Waals surface area contributed by atoms with E-state index >= 15 is 0 Å². The Bertz CT molecular complexity index is 3980. The minimum Gasteiger partial charge on any atom is -0.0616 e. The van der Waals surface area contributed by atoms with Crippen LogP contribution in [0.5, 0.6) is 0 Å². The molecule has 0 aliphatic heterocycles. The fourth-order valence-electron chi connectivity index (χ4n) is 13.5. The quantitative estimate of drug-likeness (QED) is 0.123. The lowest BCUT2D eigenvalue weighted by Crippen LogP contribution is -2.50. The minimum absolute atomic E-state index is 0.111. The van der Waals surface area contributed by atoms with E-state index in [1.807, 2.05) is 0 Å². The largest absolute Gasteiger partial charge is 0.0616 e. The van der Waals surface area contributed by atoms with Crippen LogP contribution in [0, 0.1) is 10.8 Å². The molecule has 13 rings (SSSR count). The smallest absolute Gasteiger partial charge is 0.0324 e. The summed E-state index contributed by atoms with van der Waals surface area (Å²) in [7, 11) is 0. The fourth-order valence-corrected chi connectivity index (χ4v) is 13.5. The van der Waals surface area contributed by atoms with Gasteiger partial charge in [-0.3, -0.25) is 0 Å². The van der Waals surface area contributed by atoms with Gasteiger partial charge < -0.3 is 0 Å². The first kappa shape index (κ1) is 39.8. The highest BCUT2D eigenvalue weighted by molar-refractivity contribution is 6.26. The van der Waals surface area contributed by atoms with Crippen LogP contribution in [0.2, 0.25) is 0 Å². The Morgan fingerprint density at radius 1 is 0.254 bits per heavy atom. The summed E-state index contributed by atoms with van der Waals surface area (Å²) in [5, 5.41) is 18.2. The molecular weight excluding hydrogens is 805 g/mol. The lowest BCUT2D eigenvalue weighted by Gasteiger charge is -2.54. The van der Waals surface area contributed by atoms with E-state index in [4.69, 9.17) is 0 Å². The molecule has 12 aromatic carbocycles. The summed E-state index contributed by atoms with van der Waals surface area (Å²) < 4.78 is 0. The summed E-state index contributed by atoms with van der Waals surface area (Å²) in [6, 6.07) is 78.0. The molecule has 0 heteroatoms. The Labute approximate surface area is 393 Å². The lowest BCUT2D eigenvalue weighted by atomic mass is 9.49. The Hall–Kier alpha value is -7.54. The number of hydrogen-bond donors (Lipinski definition) is 0. The van der Waals surface area contributed by atoms with Gasteiger partial charge in [0.1, 0.15) is 0 Å². The lowest BCUT2D eigenvalue weighted by molar-refractivity contribution is 0.0977. The molecule has 0 bridgehead atoms. The van der Waals surface area contributed by atoms with Gasteiger partial charge in [0.15, 0.2) is 0 Å². The first-order valence-corrected chi connectivity index (χ1v) is 24.0. The van der Waals surface area contributed by atoms with Crippen molar-refractivity contribution in [3.63, 3.8) is 0 Å². The van der Waals surface area contributed by atoms with E-state index in [0.29, 0.717) is 0 Å². The molecule has 0 saturated heterocycles. The first-order chi connectivity index (χ1) is 32.5. The van der Waals surface area contributed by atoms with E-state index in [0.717, 1.165) is 0 Å². The maximum absolute atomic E-state index is 2.48. The molecule has 0 unspecified atom stereocenters. The van der Waals surface area contributed by atoms with Crippen LogP contribution in [0.25, 0.3) is 120 Å². The second-order valence-electron chi connectivity index (χ2n) is 21.1. The zero-order chi connectivity index (χ0) is 45.4. The van der Waals surface area contributed by atoms with Gasteiger partial charge in [0.25, 0.3) is 0 Å². The summed E-state index contributed by atoms with van der Waals surface area (Å²) in [4.78, 5) is 0. The molecule has 0 radical (unpaired) electrons. The Morgan fingerprint density at radius 2 is 0.701 bits per heavy atom. The standard InChI is InChI=1S/C67H52/c1-65(2,3)67(66(4,5)6)63-47-36-34-42(38-44(47)35-37-58(63)62-52-28-13-11-25-49(52)50-26-12-18-33-57(50)64(62)67)41-21-19-22-45(39-41)60-53-29-14-16-31-55(53)61(56-32-17-15-30-54(56)60)59-40-43-20-7-8-23-46(43)48-24-9-10-27-51(48)59/h7-40H,1-6H3. The molecule has 1 aliphatic carbocycles. The van der Waals surface area contributed by atoms with Crippen molar-refractivity contribution in [3.05, 3.63) is 217 Å². The molecule has 320 valence electrons. The van der Waals surface area contributed by atoms with E-state index < -0.39 is 0 Å². The van der Waals surface area contributed by atoms with E-state index in [-0.39, 0.29) is 16.2 Å². The highest BCUT2D eigenvalue weighted by Crippen LogP contribution is 2.68. The number of rotatable bonds is 3. The first-order valence-electron chi connectivity index (χ1n) is 24.0. The van der Waals surface area contributed by atoms with Crippen molar-refractivity contribution < 1.29 is 0 Å². The van der Waals surface area contributed by atoms with Crippen molar-refractivity contribution in [2.24, 2.45) is 10.8 Å². The van der Waals surface area contributed by atoms with Gasteiger partial charge in [-0.05, 0) is 160 Å². The predicted molar refractivity (Wildman–Crippen MR) is 290 cm³/mol. The van der Waals surface area contributed by atoms with Crippen LogP contribution in [0.1, 0.15) is 52.7 Å². The Morgan fingerprint density at radius 3 is 1.31 bits per heavy atom. The van der Waals surface area contributed by atoms with Gasteiger partial charge in [0, 0.05) is 5.41 Å². The van der Waals surface area contributed by atoms with E-state index in [1.54, 1.807) is 0 Å². The summed E-state index contributed by atoms with van der Waals surface area (Å²) in [5.74, 6) is 0. The topological polar surface area (TPSA) is 0 Å². The van der Waals surface area contributed by atoms with Gasteiger partial charge >= 0.3 is 0 Å². The van der Waals surface area contributed by atoms with Crippen LogP contribution in [-0.4, -0.2) is 0 Å². The van der Waals surface area contributed by atoms with E-state index in [2.05, 4.69) is 248 Å². The molecule has 0 fully saturated rings. The van der Waals surface area contributed by atoms with Gasteiger partial charge in [0.05, 0.1) is 0 Å². The zero-order valence-electron chi connectivity index (χ0n) is 39.1. The molecular formula is C67H52. The van der Waals surface area contributed by atoms with Crippen molar-refractivity contribution in [1.29, 1.82) is 0 Å². The molecule has 0 heterocycles. The molecule has 12 aromatic rings. The molecule has 0 N–H and O–H groups in total. The van der Waals surface area contributed by atoms with Crippen molar-refractivity contribution >= 4 is 75.4 Å². The average molecular weight is 857 g/mol. The van der Waals surface area contributed by atoms with Crippen LogP contribution in [0.15, 0.2) is 206 Å². The summed E-state index contributed by atoms with van der Waals surface area (Å²) >= 11 is 0. The van der Waals surface area contributed by atoms with Gasteiger partial charge in [0.2, 0.25) is 0 Å². The molecule has 0 nitrogen and oxygen atoms in total. The number of hydrogen-bond acceptors (Lipinski definition) is 0. The molecule has 0 aromatic heterocycles. The monoisotopic (exact) mass is 856 g/mol. The van der Waals surface area contributed by atoms with Crippen molar-refractivity contribution in [1.82, 2.24) is 0 Å². The third-order valence-electron chi connectivity index (χ3n) is 15.7. The van der Waals surface area contributed by atoms with Gasteiger partial charge in [-0.25, -0.2) is 0 Å². The molecule has 0 spiro atoms. The van der Waals surface area contributed by atoms with Crippen LogP contribution in [0.4, 0.5) is 0 Å². The molecule has 0 saturated carbocycles. The highest BCUT2D eigenvalue weighted by atomic mass is 14.6. The maximum atomic E-state index is 2.48. The maximum Gasteiger partial charge on any atom is 0.0324 e. The summed E-state index contributed by atoms with van der Waals surface area (Å²) in [6.07, 6.45) is 0. The van der Waals surface area contributed by atoms with Gasteiger partial charge in [-0.1, -0.05) is 230 Å². The van der Waals surface area contributed by atoms with E-state index in [1.165, 1.54) is 131 Å². The van der Waals surface area contributed by atoms with E-state index in [9.17, 15) is 0 Å². The normalized spacial score (nSPS) is 13.6. The van der Waals surface area contributed by atoms with Crippen LogP contribution >= 0.6 is 0 Å². The third-order valence-corrected chi connectivity index (χ3v) is 15.7. The number of fused-ring (bicyclic) bond motifs is 15. The van der Waals surface area contributed by atoms with Gasteiger partial charge in [-0.15, -0.1) is 0 Å². The summed E-state index contributed by atoms with van der Waals surface area (Å²) in [5.41, 5.74) is 12.7. The zero-order valence-corrected chi connectivity index (χ0v) is 39.1. The second kappa shape index (κ2) is 14.2. The molecule has 0 atom stereocenters. The van der Waals surface area contributed by atoms with Crippen LogP contribution in [-0.2, 0) is 5.41 Å². The molecule has 0 amide bonds. The Kier molecular flexibility index (Phi) is 8.45. The fraction of sp³-hybridized carbons (Fsp3) is 0.134. The SMILES string of the molecule is CC(C)(C)C1(C(C)(C)C)c2c(ccc3cc(-c4cccc(-c5c6ccccc6c(-c6cc7ccccc7c7ccccc67)c6ccccc56)c4)ccc23)-c2c1c1ccccc1c1ccccc21. The van der Waals surface area contributed by atoms with Crippen molar-refractivity contribution in [2.45, 2.75) is 47.0 Å². The Balaban J connectivity index is 1.02. The highest BCUT2D eigenvalue weighted by Gasteiger charge is 2.59. The third kappa shape index (κ3) is 5.48. The van der Waals surface area contributed by atoms with Crippen molar-refractivity contribution in [3.8, 4) is 44.5 Å². The molecule has 1 aliphatic rings. The minimum atomic E-state index is -0.289. The predicted octanol–water partition coefficient (Wildman–Crippen LogP) is 19.1. The van der Waals surface area contributed by atoms with Crippen LogP contribution in [0.3, 0.4) is 0 Å².